The van der Waals surface area contributed by atoms with Gasteiger partial charge in [-0.2, -0.15) is 0 Å². The van der Waals surface area contributed by atoms with Crippen molar-refractivity contribution in [3.63, 3.8) is 0 Å². The van der Waals surface area contributed by atoms with Gasteiger partial charge in [-0.25, -0.2) is 0 Å². The lowest BCUT2D eigenvalue weighted by Crippen LogP contribution is -2.16. The molecule has 2 rings (SSSR count). The van der Waals surface area contributed by atoms with Gasteiger partial charge in [0, 0.05) is 16.4 Å². The van der Waals surface area contributed by atoms with Gasteiger partial charge >= 0.3 is 0 Å². The summed E-state index contributed by atoms with van der Waals surface area (Å²) in [5, 5.41) is 11.6. The lowest BCUT2D eigenvalue weighted by molar-refractivity contribution is 0.199. The number of hydrogen-bond acceptors (Lipinski definition) is 3. The van der Waals surface area contributed by atoms with Crippen molar-refractivity contribution < 1.29 is 5.11 Å². The average Bonchev–Trinajstić information content (AvgIpc) is 2.81. The fourth-order valence-electron chi connectivity index (χ4n) is 1.81. The molecular weight excluding hydrogens is 310 g/mol. The van der Waals surface area contributed by atoms with Crippen LogP contribution in [0.15, 0.2) is 40.2 Å². The van der Waals surface area contributed by atoms with E-state index in [1.54, 1.807) is 18.3 Å². The number of aliphatic hydroxyl groups excluding tert-OH is 1. The Morgan fingerprint density at radius 2 is 2.17 bits per heavy atom. The van der Waals surface area contributed by atoms with E-state index < -0.39 is 6.10 Å². The Bertz CT molecular complexity index is 511. The minimum atomic E-state index is -0.432. The molecule has 0 amide bonds. The van der Waals surface area contributed by atoms with Crippen LogP contribution in [0.3, 0.4) is 0 Å². The molecule has 0 aliphatic rings. The third-order valence-electron chi connectivity index (χ3n) is 2.84. The fourth-order valence-corrected chi connectivity index (χ4v) is 3.27. The van der Waals surface area contributed by atoms with Crippen molar-refractivity contribution in [1.29, 1.82) is 0 Å². The SMILES string of the molecule is CC(O)c1ccc(N(C)Cc2cccs2)c(Br)c1. The van der Waals surface area contributed by atoms with Crippen molar-refractivity contribution in [2.45, 2.75) is 19.6 Å². The van der Waals surface area contributed by atoms with Crippen LogP contribution in [0.25, 0.3) is 0 Å². The zero-order valence-corrected chi connectivity index (χ0v) is 12.8. The maximum atomic E-state index is 9.55. The number of halogens is 1. The first-order valence-corrected chi connectivity index (χ1v) is 7.46. The third kappa shape index (κ3) is 3.13. The Morgan fingerprint density at radius 1 is 1.39 bits per heavy atom. The normalized spacial score (nSPS) is 12.4. The molecular formula is C14H16BrNOS. The van der Waals surface area contributed by atoms with E-state index in [9.17, 15) is 5.11 Å². The van der Waals surface area contributed by atoms with Gasteiger partial charge < -0.3 is 10.0 Å². The van der Waals surface area contributed by atoms with E-state index in [0.29, 0.717) is 0 Å². The van der Waals surface area contributed by atoms with Gasteiger partial charge in [0.05, 0.1) is 18.3 Å². The van der Waals surface area contributed by atoms with E-state index in [1.165, 1.54) is 4.88 Å². The van der Waals surface area contributed by atoms with Crippen LogP contribution in [-0.4, -0.2) is 12.2 Å². The molecule has 96 valence electrons. The maximum absolute atomic E-state index is 9.55. The van der Waals surface area contributed by atoms with Crippen molar-refractivity contribution in [3.8, 4) is 0 Å². The number of hydrogen-bond donors (Lipinski definition) is 1. The highest BCUT2D eigenvalue weighted by Crippen LogP contribution is 2.30. The summed E-state index contributed by atoms with van der Waals surface area (Å²) in [5.74, 6) is 0. The van der Waals surface area contributed by atoms with E-state index in [-0.39, 0.29) is 0 Å². The van der Waals surface area contributed by atoms with Gasteiger partial charge in [-0.1, -0.05) is 12.1 Å². The Kier molecular flexibility index (Phi) is 4.43. The second kappa shape index (κ2) is 5.87. The molecule has 0 aliphatic heterocycles. The molecule has 2 aromatic rings. The van der Waals surface area contributed by atoms with Crippen molar-refractivity contribution in [1.82, 2.24) is 0 Å². The van der Waals surface area contributed by atoms with Crippen LogP contribution >= 0.6 is 27.3 Å². The zero-order chi connectivity index (χ0) is 13.1. The van der Waals surface area contributed by atoms with Gasteiger partial charge in [0.25, 0.3) is 0 Å². The molecule has 0 radical (unpaired) electrons. The van der Waals surface area contributed by atoms with Gasteiger partial charge in [0.15, 0.2) is 0 Å². The number of thiophene rings is 1. The van der Waals surface area contributed by atoms with E-state index in [0.717, 1.165) is 22.3 Å². The van der Waals surface area contributed by atoms with Gasteiger partial charge in [-0.3, -0.25) is 0 Å². The van der Waals surface area contributed by atoms with Crippen LogP contribution in [0.1, 0.15) is 23.5 Å². The van der Waals surface area contributed by atoms with Crippen LogP contribution in [0.4, 0.5) is 5.69 Å². The second-order valence-electron chi connectivity index (χ2n) is 4.32. The molecule has 1 aromatic carbocycles. The molecule has 0 aliphatic carbocycles. The first-order valence-electron chi connectivity index (χ1n) is 5.79. The summed E-state index contributed by atoms with van der Waals surface area (Å²) in [4.78, 5) is 3.53. The highest BCUT2D eigenvalue weighted by molar-refractivity contribution is 9.10. The Labute approximate surface area is 120 Å². The summed E-state index contributed by atoms with van der Waals surface area (Å²) in [5.41, 5.74) is 2.06. The lowest BCUT2D eigenvalue weighted by atomic mass is 10.1. The molecule has 0 saturated carbocycles. The smallest absolute Gasteiger partial charge is 0.0762 e. The molecule has 1 heterocycles. The van der Waals surface area contributed by atoms with Gasteiger partial charge in [-0.15, -0.1) is 11.3 Å². The first-order chi connectivity index (χ1) is 8.58. The van der Waals surface area contributed by atoms with Crippen molar-refractivity contribution in [2.24, 2.45) is 0 Å². The van der Waals surface area contributed by atoms with E-state index in [4.69, 9.17) is 0 Å². The van der Waals surface area contributed by atoms with Crippen molar-refractivity contribution in [3.05, 3.63) is 50.6 Å². The highest BCUT2D eigenvalue weighted by Gasteiger charge is 2.09. The molecule has 1 aromatic heterocycles. The van der Waals surface area contributed by atoms with E-state index in [2.05, 4.69) is 45.4 Å². The second-order valence-corrected chi connectivity index (χ2v) is 6.21. The molecule has 1 N–H and O–H groups in total. The van der Waals surface area contributed by atoms with E-state index in [1.807, 2.05) is 18.2 Å². The van der Waals surface area contributed by atoms with Crippen LogP contribution in [0, 0.1) is 0 Å². The lowest BCUT2D eigenvalue weighted by Gasteiger charge is -2.21. The fraction of sp³-hybridized carbons (Fsp3) is 0.286. The highest BCUT2D eigenvalue weighted by atomic mass is 79.9. The number of benzene rings is 1. The summed E-state index contributed by atoms with van der Waals surface area (Å²) in [6, 6.07) is 10.2. The predicted molar refractivity (Wildman–Crippen MR) is 81.2 cm³/mol. The topological polar surface area (TPSA) is 23.5 Å². The quantitative estimate of drug-likeness (QED) is 0.910. The Morgan fingerprint density at radius 3 is 2.72 bits per heavy atom. The maximum Gasteiger partial charge on any atom is 0.0762 e. The van der Waals surface area contributed by atoms with E-state index >= 15 is 0 Å². The number of aliphatic hydroxyl groups is 1. The molecule has 0 spiro atoms. The minimum Gasteiger partial charge on any atom is -0.389 e. The number of rotatable bonds is 4. The molecule has 0 saturated heterocycles. The van der Waals surface area contributed by atoms with Gasteiger partial charge in [0.1, 0.15) is 0 Å². The standard InChI is InChI=1S/C14H16BrNOS/c1-10(17)11-5-6-14(13(15)8-11)16(2)9-12-4-3-7-18-12/h3-8,10,17H,9H2,1-2H3. The van der Waals surface area contributed by atoms with Gasteiger partial charge in [0.2, 0.25) is 0 Å². The molecule has 4 heteroatoms. The van der Waals surface area contributed by atoms with Crippen LogP contribution in [0.5, 0.6) is 0 Å². The van der Waals surface area contributed by atoms with Crippen molar-refractivity contribution in [2.75, 3.05) is 11.9 Å². The summed E-state index contributed by atoms with van der Waals surface area (Å²) in [6.07, 6.45) is -0.432. The van der Waals surface area contributed by atoms with Crippen LogP contribution < -0.4 is 4.90 Å². The summed E-state index contributed by atoms with van der Waals surface area (Å²) in [6.45, 7) is 2.67. The monoisotopic (exact) mass is 325 g/mol. The molecule has 0 fully saturated rings. The number of anilines is 1. The molecule has 18 heavy (non-hydrogen) atoms. The number of nitrogens with zero attached hydrogens (tertiary/aromatic N) is 1. The minimum absolute atomic E-state index is 0.432. The van der Waals surface area contributed by atoms with Crippen LogP contribution in [0.2, 0.25) is 0 Å². The average molecular weight is 326 g/mol. The van der Waals surface area contributed by atoms with Crippen LogP contribution in [-0.2, 0) is 6.54 Å². The Hall–Kier alpha value is -0.840. The summed E-state index contributed by atoms with van der Waals surface area (Å²) in [7, 11) is 2.07. The first kappa shape index (κ1) is 13.6. The molecule has 2 nitrogen and oxygen atoms in total. The third-order valence-corrected chi connectivity index (χ3v) is 4.33. The summed E-state index contributed by atoms with van der Waals surface area (Å²) >= 11 is 5.33. The zero-order valence-electron chi connectivity index (χ0n) is 10.4. The Balaban J connectivity index is 2.17. The summed E-state index contributed by atoms with van der Waals surface area (Å²) < 4.78 is 1.01. The largest absolute Gasteiger partial charge is 0.389 e. The predicted octanol–water partition coefficient (Wildman–Crippen LogP) is 4.20. The molecule has 1 atom stereocenters. The molecule has 0 bridgehead atoms. The van der Waals surface area contributed by atoms with Gasteiger partial charge in [-0.05, 0) is 52.0 Å². The molecule has 1 unspecified atom stereocenters. The van der Waals surface area contributed by atoms with Crippen molar-refractivity contribution >= 4 is 33.0 Å².